The van der Waals surface area contributed by atoms with Crippen LogP contribution in [0.3, 0.4) is 0 Å². The molecule has 2 rings (SSSR count). The Hall–Kier alpha value is -1.53. The van der Waals surface area contributed by atoms with Gasteiger partial charge in [-0.05, 0) is 33.5 Å². The molecule has 18 heavy (non-hydrogen) atoms. The number of hydrogen-bond donors (Lipinski definition) is 2. The van der Waals surface area contributed by atoms with Crippen LogP contribution in [0.4, 0.5) is 5.82 Å². The van der Waals surface area contributed by atoms with E-state index in [9.17, 15) is 0 Å². The van der Waals surface area contributed by atoms with Gasteiger partial charge < -0.3 is 16.4 Å². The molecule has 0 radical (unpaired) electrons. The quantitative estimate of drug-likeness (QED) is 0.784. The van der Waals surface area contributed by atoms with E-state index in [1.165, 1.54) is 6.33 Å². The van der Waals surface area contributed by atoms with Gasteiger partial charge in [0, 0.05) is 18.2 Å². The topological polar surface area (TPSA) is 93.4 Å². The highest BCUT2D eigenvalue weighted by molar-refractivity contribution is 5.82. The van der Waals surface area contributed by atoms with E-state index in [4.69, 9.17) is 11.5 Å². The van der Waals surface area contributed by atoms with Gasteiger partial charge in [-0.2, -0.15) is 0 Å². The summed E-state index contributed by atoms with van der Waals surface area (Å²) in [6, 6.07) is 0. The van der Waals surface area contributed by atoms with Crippen molar-refractivity contribution >= 4 is 12.0 Å². The van der Waals surface area contributed by atoms with Gasteiger partial charge in [0.15, 0.2) is 0 Å². The third kappa shape index (κ3) is 2.83. The summed E-state index contributed by atoms with van der Waals surface area (Å²) in [7, 11) is 4.10. The molecule has 4 N–H and O–H groups in total. The molecule has 1 aromatic rings. The Bertz CT molecular complexity index is 456. The molecule has 1 atom stereocenters. The van der Waals surface area contributed by atoms with Crippen molar-refractivity contribution in [2.75, 3.05) is 26.4 Å². The third-order valence-electron chi connectivity index (χ3n) is 3.15. The summed E-state index contributed by atoms with van der Waals surface area (Å²) in [5.41, 5.74) is 13.3. The van der Waals surface area contributed by atoms with Crippen molar-refractivity contribution in [3.8, 4) is 0 Å². The van der Waals surface area contributed by atoms with Gasteiger partial charge in [-0.1, -0.05) is 0 Å². The van der Waals surface area contributed by atoms with Crippen LogP contribution in [0.5, 0.6) is 0 Å². The van der Waals surface area contributed by atoms with E-state index in [1.807, 2.05) is 0 Å². The Morgan fingerprint density at radius 3 is 2.89 bits per heavy atom. The van der Waals surface area contributed by atoms with Gasteiger partial charge >= 0.3 is 0 Å². The van der Waals surface area contributed by atoms with Gasteiger partial charge in [0.2, 0.25) is 0 Å². The minimum atomic E-state index is -0.568. The number of anilines is 1. The first-order valence-electron chi connectivity index (χ1n) is 6.08. The summed E-state index contributed by atoms with van der Waals surface area (Å²) in [6.45, 7) is 1.00. The summed E-state index contributed by atoms with van der Waals surface area (Å²) >= 11 is 0. The predicted molar refractivity (Wildman–Crippen MR) is 72.4 cm³/mol. The van der Waals surface area contributed by atoms with Crippen molar-refractivity contribution < 1.29 is 0 Å². The largest absolute Gasteiger partial charge is 0.383 e. The first kappa shape index (κ1) is 12.9. The second-order valence-corrected chi connectivity index (χ2v) is 5.07. The summed E-state index contributed by atoms with van der Waals surface area (Å²) in [5.74, 6) is 0.508. The molecular formula is C12H20N6. The van der Waals surface area contributed by atoms with Gasteiger partial charge in [0.25, 0.3) is 0 Å². The SMILES string of the molecule is CN(C)CCCC1(N)Cc2c(N)ncnc2C=N1. The lowest BCUT2D eigenvalue weighted by Crippen LogP contribution is -2.43. The number of nitrogens with two attached hydrogens (primary N) is 2. The molecule has 2 heterocycles. The lowest BCUT2D eigenvalue weighted by molar-refractivity contribution is 0.337. The van der Waals surface area contributed by atoms with Crippen LogP contribution in [0.1, 0.15) is 24.1 Å². The van der Waals surface area contributed by atoms with E-state index in [-0.39, 0.29) is 0 Å². The molecule has 0 saturated carbocycles. The minimum absolute atomic E-state index is 0.508. The summed E-state index contributed by atoms with van der Waals surface area (Å²) in [5, 5.41) is 0. The van der Waals surface area contributed by atoms with Crippen LogP contribution in [0.15, 0.2) is 11.3 Å². The molecule has 0 aromatic carbocycles. The van der Waals surface area contributed by atoms with Gasteiger partial charge in [0.1, 0.15) is 17.8 Å². The molecule has 98 valence electrons. The minimum Gasteiger partial charge on any atom is -0.383 e. The molecule has 1 aromatic heterocycles. The Labute approximate surface area is 107 Å². The maximum atomic E-state index is 6.30. The van der Waals surface area contributed by atoms with Gasteiger partial charge in [-0.25, -0.2) is 9.97 Å². The van der Waals surface area contributed by atoms with Crippen LogP contribution in [-0.2, 0) is 6.42 Å². The highest BCUT2D eigenvalue weighted by Crippen LogP contribution is 2.26. The molecule has 0 bridgehead atoms. The van der Waals surface area contributed by atoms with Crippen LogP contribution >= 0.6 is 0 Å². The lowest BCUT2D eigenvalue weighted by Gasteiger charge is -2.29. The highest BCUT2D eigenvalue weighted by Gasteiger charge is 2.29. The zero-order chi connectivity index (χ0) is 13.2. The fourth-order valence-corrected chi connectivity index (χ4v) is 2.13. The summed E-state index contributed by atoms with van der Waals surface area (Å²) < 4.78 is 0. The average Bonchev–Trinajstić information content (AvgIpc) is 2.30. The fourth-order valence-electron chi connectivity index (χ4n) is 2.13. The molecule has 0 fully saturated rings. The van der Waals surface area contributed by atoms with E-state index in [0.717, 1.165) is 30.6 Å². The van der Waals surface area contributed by atoms with E-state index in [1.54, 1.807) is 6.21 Å². The molecule has 6 nitrogen and oxygen atoms in total. The second-order valence-electron chi connectivity index (χ2n) is 5.07. The van der Waals surface area contributed by atoms with Crippen molar-refractivity contribution in [2.24, 2.45) is 10.7 Å². The van der Waals surface area contributed by atoms with Gasteiger partial charge in [-0.3, -0.25) is 4.99 Å². The van der Waals surface area contributed by atoms with Crippen molar-refractivity contribution in [3.63, 3.8) is 0 Å². The van der Waals surface area contributed by atoms with Crippen LogP contribution in [0.2, 0.25) is 0 Å². The van der Waals surface area contributed by atoms with Crippen LogP contribution in [-0.4, -0.2) is 47.4 Å². The van der Waals surface area contributed by atoms with E-state index < -0.39 is 5.66 Å². The molecule has 1 unspecified atom stereocenters. The number of rotatable bonds is 4. The Morgan fingerprint density at radius 1 is 1.39 bits per heavy atom. The van der Waals surface area contributed by atoms with Crippen molar-refractivity contribution in [1.29, 1.82) is 0 Å². The second kappa shape index (κ2) is 4.99. The Kier molecular flexibility index (Phi) is 3.58. The number of nitrogens with zero attached hydrogens (tertiary/aromatic N) is 4. The van der Waals surface area contributed by atoms with E-state index >= 15 is 0 Å². The number of aliphatic imine (C=N–C) groups is 1. The molecule has 0 saturated heterocycles. The van der Waals surface area contributed by atoms with Crippen molar-refractivity contribution in [2.45, 2.75) is 24.9 Å². The van der Waals surface area contributed by atoms with Crippen LogP contribution in [0.25, 0.3) is 0 Å². The fraction of sp³-hybridized carbons (Fsp3) is 0.583. The average molecular weight is 248 g/mol. The van der Waals surface area contributed by atoms with Crippen molar-refractivity contribution in [1.82, 2.24) is 14.9 Å². The Balaban J connectivity index is 2.08. The van der Waals surface area contributed by atoms with E-state index in [2.05, 4.69) is 34.0 Å². The number of nitrogen functional groups attached to an aromatic ring is 1. The molecule has 6 heteroatoms. The van der Waals surface area contributed by atoms with Crippen LogP contribution < -0.4 is 11.5 Å². The van der Waals surface area contributed by atoms with E-state index in [0.29, 0.717) is 12.2 Å². The number of hydrogen-bond acceptors (Lipinski definition) is 6. The highest BCUT2D eigenvalue weighted by atomic mass is 15.1. The first-order valence-corrected chi connectivity index (χ1v) is 6.08. The smallest absolute Gasteiger partial charge is 0.130 e. The summed E-state index contributed by atoms with van der Waals surface area (Å²) in [4.78, 5) is 14.7. The monoisotopic (exact) mass is 248 g/mol. The maximum absolute atomic E-state index is 6.30. The van der Waals surface area contributed by atoms with Crippen LogP contribution in [0, 0.1) is 0 Å². The van der Waals surface area contributed by atoms with Crippen molar-refractivity contribution in [3.05, 3.63) is 17.6 Å². The lowest BCUT2D eigenvalue weighted by atomic mass is 9.93. The van der Waals surface area contributed by atoms with Gasteiger partial charge in [-0.15, -0.1) is 0 Å². The molecule has 0 amide bonds. The first-order chi connectivity index (χ1) is 8.50. The zero-order valence-electron chi connectivity index (χ0n) is 10.9. The normalized spacial score (nSPS) is 22.2. The number of fused-ring (bicyclic) bond motifs is 1. The van der Waals surface area contributed by atoms with Gasteiger partial charge in [0.05, 0.1) is 5.69 Å². The summed E-state index contributed by atoms with van der Waals surface area (Å²) in [6.07, 6.45) is 5.61. The number of aromatic nitrogens is 2. The third-order valence-corrected chi connectivity index (χ3v) is 3.15. The maximum Gasteiger partial charge on any atom is 0.130 e. The molecule has 0 aliphatic carbocycles. The molecule has 1 aliphatic heterocycles. The zero-order valence-corrected chi connectivity index (χ0v) is 10.9. The standard InChI is InChI=1S/C12H20N6/c1-18(2)5-3-4-12(14)6-9-10(7-17-12)15-8-16-11(9)13/h7-8H,3-6,14H2,1-2H3,(H2,13,15,16). The molecule has 1 aliphatic rings. The molecule has 0 spiro atoms. The predicted octanol–water partition coefficient (Wildman–Crippen LogP) is 0.0306. The Morgan fingerprint density at radius 2 is 2.17 bits per heavy atom. The molecular weight excluding hydrogens is 228 g/mol.